The zero-order valence-corrected chi connectivity index (χ0v) is 30.6. The Bertz CT molecular complexity index is 1340. The van der Waals surface area contributed by atoms with Crippen LogP contribution in [0, 0.1) is 45.3 Å². The van der Waals surface area contributed by atoms with Crippen molar-refractivity contribution in [3.8, 4) is 0 Å². The molecule has 5 aliphatic rings. The second kappa shape index (κ2) is 13.1. The minimum Gasteiger partial charge on any atom is -0.456 e. The highest BCUT2D eigenvalue weighted by molar-refractivity contribution is 5.92. The quantitative estimate of drug-likeness (QED) is 0.125. The monoisotopic (exact) mass is 692 g/mol. The summed E-state index contributed by atoms with van der Waals surface area (Å²) in [5.41, 5.74) is -1.33. The van der Waals surface area contributed by atoms with Gasteiger partial charge in [0.2, 0.25) is 0 Å². The number of hydrogen-bond donors (Lipinski definition) is 6. The summed E-state index contributed by atoms with van der Waals surface area (Å²) in [5, 5.41) is 64.6. The largest absolute Gasteiger partial charge is 0.456 e. The van der Waals surface area contributed by atoms with E-state index in [2.05, 4.69) is 26.8 Å². The van der Waals surface area contributed by atoms with Crippen molar-refractivity contribution in [3.63, 3.8) is 0 Å². The molecular weight excluding hydrogens is 632 g/mol. The van der Waals surface area contributed by atoms with Gasteiger partial charge in [0.05, 0.1) is 24.9 Å². The van der Waals surface area contributed by atoms with Gasteiger partial charge in [-0.25, -0.2) is 0 Å². The van der Waals surface area contributed by atoms with E-state index >= 15 is 0 Å². The van der Waals surface area contributed by atoms with Gasteiger partial charge in [0, 0.05) is 24.2 Å². The highest BCUT2D eigenvalue weighted by Crippen LogP contribution is 2.75. The lowest BCUT2D eigenvalue weighted by atomic mass is 9.39. The summed E-state index contributed by atoms with van der Waals surface area (Å²) >= 11 is 0. The van der Waals surface area contributed by atoms with Crippen LogP contribution < -0.4 is 0 Å². The van der Waals surface area contributed by atoms with Gasteiger partial charge in [0.1, 0.15) is 30.0 Å². The number of carbonyl (C=O) groups excluding carboxylic acids is 2. The summed E-state index contributed by atoms with van der Waals surface area (Å²) in [6, 6.07) is 0. The van der Waals surface area contributed by atoms with Crippen molar-refractivity contribution in [1.29, 1.82) is 0 Å². The molecule has 11 heteroatoms. The summed E-state index contributed by atoms with van der Waals surface area (Å²) in [7, 11) is 0. The standard InChI is InChI=1S/C38H60O11/c1-19(23(41)12-13-34(3,4)49-20(2)40)28-24(42)17-38(9)27-11-10-21-22(36(27,7)14-15-37(28,38)8)16-25(32(46)35(21,5)6)47-33-31(45)30(44)29(43)26(18-39)48-33/h10,12-13,19,22,24-33,39,42-46H,11,14-18H2,1-9H3. The fraction of sp³-hybridized carbons (Fsp3) is 0.842. The summed E-state index contributed by atoms with van der Waals surface area (Å²) in [6.45, 7) is 16.9. The van der Waals surface area contributed by atoms with Gasteiger partial charge in [-0.1, -0.05) is 53.2 Å². The normalized spacial score (nSPS) is 47.1. The summed E-state index contributed by atoms with van der Waals surface area (Å²) in [4.78, 5) is 25.1. The fourth-order valence-electron chi connectivity index (χ4n) is 11.2. The van der Waals surface area contributed by atoms with Gasteiger partial charge in [0.15, 0.2) is 12.1 Å². The van der Waals surface area contributed by atoms with Crippen LogP contribution in [0.15, 0.2) is 23.8 Å². The van der Waals surface area contributed by atoms with E-state index < -0.39 is 78.5 Å². The Morgan fingerprint density at radius 1 is 1.02 bits per heavy atom. The van der Waals surface area contributed by atoms with E-state index in [0.29, 0.717) is 12.8 Å². The molecule has 0 amide bonds. The number of aliphatic hydroxyl groups excluding tert-OH is 6. The van der Waals surface area contributed by atoms with Crippen molar-refractivity contribution < 1.29 is 54.4 Å². The molecule has 0 aromatic carbocycles. The van der Waals surface area contributed by atoms with Gasteiger partial charge < -0.3 is 44.8 Å². The lowest BCUT2D eigenvalue weighted by Crippen LogP contribution is -2.63. The number of hydrogen-bond acceptors (Lipinski definition) is 11. The third-order valence-corrected chi connectivity index (χ3v) is 14.1. The van der Waals surface area contributed by atoms with Crippen LogP contribution in [0.1, 0.15) is 94.4 Å². The summed E-state index contributed by atoms with van der Waals surface area (Å²) < 4.78 is 17.3. The third kappa shape index (κ3) is 6.18. The van der Waals surface area contributed by atoms with Crippen molar-refractivity contribution in [2.75, 3.05) is 6.61 Å². The van der Waals surface area contributed by atoms with Gasteiger partial charge >= 0.3 is 5.97 Å². The predicted octanol–water partition coefficient (Wildman–Crippen LogP) is 2.82. The molecule has 49 heavy (non-hydrogen) atoms. The van der Waals surface area contributed by atoms with E-state index in [4.69, 9.17) is 14.2 Å². The Morgan fingerprint density at radius 3 is 2.29 bits per heavy atom. The van der Waals surface area contributed by atoms with E-state index in [9.17, 15) is 40.2 Å². The smallest absolute Gasteiger partial charge is 0.303 e. The van der Waals surface area contributed by atoms with Crippen molar-refractivity contribution in [3.05, 3.63) is 23.8 Å². The van der Waals surface area contributed by atoms with Crippen LogP contribution in [0.4, 0.5) is 0 Å². The van der Waals surface area contributed by atoms with Crippen molar-refractivity contribution in [1.82, 2.24) is 0 Å². The average Bonchev–Trinajstić information content (AvgIpc) is 3.22. The molecule has 15 atom stereocenters. The molecule has 1 saturated heterocycles. The zero-order valence-electron chi connectivity index (χ0n) is 30.6. The van der Waals surface area contributed by atoms with Crippen LogP contribution in [0.5, 0.6) is 0 Å². The zero-order chi connectivity index (χ0) is 36.6. The molecule has 0 aromatic rings. The Kier molecular flexibility index (Phi) is 10.3. The minimum absolute atomic E-state index is 0.00241. The molecular formula is C38H60O11. The van der Waals surface area contributed by atoms with Gasteiger partial charge in [-0.15, -0.1) is 0 Å². The van der Waals surface area contributed by atoms with Crippen LogP contribution in [0.2, 0.25) is 0 Å². The molecule has 5 rings (SSSR count). The molecule has 11 nitrogen and oxygen atoms in total. The summed E-state index contributed by atoms with van der Waals surface area (Å²) in [6.07, 6.45) is -0.739. The first-order chi connectivity index (χ1) is 22.6. The number of allylic oxidation sites excluding steroid dienone is 2. The van der Waals surface area contributed by atoms with Crippen molar-refractivity contribution >= 4 is 11.8 Å². The molecule has 4 fully saturated rings. The van der Waals surface area contributed by atoms with Crippen LogP contribution in [-0.4, -0.2) is 104 Å². The first-order valence-corrected chi connectivity index (χ1v) is 18.0. The number of fused-ring (bicyclic) bond motifs is 5. The first-order valence-electron chi connectivity index (χ1n) is 18.0. The van der Waals surface area contributed by atoms with E-state index in [1.54, 1.807) is 19.9 Å². The highest BCUT2D eigenvalue weighted by atomic mass is 16.7. The average molecular weight is 693 g/mol. The van der Waals surface area contributed by atoms with E-state index in [-0.39, 0.29) is 39.8 Å². The van der Waals surface area contributed by atoms with Crippen LogP contribution >= 0.6 is 0 Å². The number of carbonyl (C=O) groups is 2. The number of rotatable bonds is 8. The van der Waals surface area contributed by atoms with Crippen LogP contribution in [0.25, 0.3) is 0 Å². The Morgan fingerprint density at radius 2 is 1.67 bits per heavy atom. The van der Waals surface area contributed by atoms with Gasteiger partial charge in [-0.2, -0.15) is 0 Å². The number of aliphatic hydroxyl groups is 6. The minimum atomic E-state index is -1.58. The fourth-order valence-corrected chi connectivity index (χ4v) is 11.2. The molecule has 3 saturated carbocycles. The van der Waals surface area contributed by atoms with Crippen molar-refractivity contribution in [2.45, 2.75) is 149 Å². The van der Waals surface area contributed by atoms with Crippen molar-refractivity contribution in [2.24, 2.45) is 45.3 Å². The van der Waals surface area contributed by atoms with E-state index in [1.165, 1.54) is 18.6 Å². The summed E-state index contributed by atoms with van der Waals surface area (Å²) in [5.74, 6) is -1.10. The van der Waals surface area contributed by atoms with E-state index in [1.807, 2.05) is 20.8 Å². The molecule has 0 spiro atoms. The van der Waals surface area contributed by atoms with Gasteiger partial charge in [-0.05, 0) is 86.2 Å². The third-order valence-electron chi connectivity index (χ3n) is 14.1. The van der Waals surface area contributed by atoms with E-state index in [0.717, 1.165) is 19.3 Å². The number of ketones is 1. The predicted molar refractivity (Wildman–Crippen MR) is 180 cm³/mol. The number of ether oxygens (including phenoxy) is 3. The molecule has 1 aliphatic heterocycles. The molecule has 0 aromatic heterocycles. The van der Waals surface area contributed by atoms with Gasteiger partial charge in [0.25, 0.3) is 0 Å². The molecule has 6 N–H and O–H groups in total. The Labute approximate surface area is 290 Å². The highest BCUT2D eigenvalue weighted by Gasteiger charge is 2.70. The lowest BCUT2D eigenvalue weighted by Gasteiger charge is -2.66. The molecule has 4 aliphatic carbocycles. The Balaban J connectivity index is 1.42. The lowest BCUT2D eigenvalue weighted by molar-refractivity contribution is -0.324. The maximum atomic E-state index is 13.6. The maximum Gasteiger partial charge on any atom is 0.303 e. The molecule has 15 unspecified atom stereocenters. The van der Waals surface area contributed by atoms with Gasteiger partial charge in [-0.3, -0.25) is 9.59 Å². The molecule has 0 radical (unpaired) electrons. The topological polar surface area (TPSA) is 183 Å². The second-order valence-electron chi connectivity index (χ2n) is 17.6. The van der Waals surface area contributed by atoms with Crippen LogP contribution in [-0.2, 0) is 23.8 Å². The first kappa shape index (κ1) is 38.5. The molecule has 278 valence electrons. The SMILES string of the molecule is CC(=O)OC(C)(C)C=CC(=O)C(C)C1C(O)CC2(C)C3CC=C4C(CC(OC5OC(CO)C(O)C(O)C5O)C(O)C4(C)C)C3(C)CCC12C. The molecule has 0 bridgehead atoms. The maximum absolute atomic E-state index is 13.6. The Hall–Kier alpha value is -1.70. The number of esters is 1. The molecule has 1 heterocycles. The van der Waals surface area contributed by atoms with Crippen LogP contribution in [0.3, 0.4) is 0 Å². The second-order valence-corrected chi connectivity index (χ2v) is 17.6.